The molecule has 0 bridgehead atoms. The normalized spacial score (nSPS) is 10.5. The van der Waals surface area contributed by atoms with Gasteiger partial charge in [-0.25, -0.2) is 0 Å². The van der Waals surface area contributed by atoms with E-state index in [0.29, 0.717) is 31.9 Å². The van der Waals surface area contributed by atoms with E-state index in [1.807, 2.05) is 0 Å². The van der Waals surface area contributed by atoms with Crippen molar-refractivity contribution >= 4 is 52.2 Å². The van der Waals surface area contributed by atoms with E-state index in [-0.39, 0.29) is 5.91 Å². The molecule has 2 aromatic carbocycles. The number of primary amides is 1. The third-order valence-corrected chi connectivity index (χ3v) is 4.88. The number of halogens is 2. The molecule has 0 aliphatic carbocycles. The van der Waals surface area contributed by atoms with Crippen molar-refractivity contribution in [2.45, 2.75) is 0 Å². The summed E-state index contributed by atoms with van der Waals surface area (Å²) >= 11 is 13.0. The van der Waals surface area contributed by atoms with Crippen molar-refractivity contribution in [2.24, 2.45) is 5.73 Å². The molecule has 8 heteroatoms. The molecule has 0 aliphatic heterocycles. The van der Waals surface area contributed by atoms with Crippen molar-refractivity contribution in [3.63, 3.8) is 0 Å². The van der Waals surface area contributed by atoms with Crippen LogP contribution in [0.1, 0.15) is 20.0 Å². The second kappa shape index (κ2) is 7.23. The maximum Gasteiger partial charge on any atom is 0.267 e. The van der Waals surface area contributed by atoms with Gasteiger partial charge in [0.15, 0.2) is 0 Å². The maximum absolute atomic E-state index is 12.4. The first-order chi connectivity index (χ1) is 11.9. The van der Waals surface area contributed by atoms with Gasteiger partial charge in [0.2, 0.25) is 5.91 Å². The number of carbonyl (C=O) groups is 2. The summed E-state index contributed by atoms with van der Waals surface area (Å²) < 4.78 is 4.27. The van der Waals surface area contributed by atoms with E-state index in [1.54, 1.807) is 42.5 Å². The minimum absolute atomic E-state index is 0.318. The molecule has 1 aromatic heterocycles. The van der Waals surface area contributed by atoms with E-state index < -0.39 is 5.91 Å². The van der Waals surface area contributed by atoms with E-state index in [0.717, 1.165) is 17.1 Å². The van der Waals surface area contributed by atoms with Gasteiger partial charge in [0.1, 0.15) is 4.88 Å². The van der Waals surface area contributed by atoms with E-state index >= 15 is 0 Å². The lowest BCUT2D eigenvalue weighted by atomic mass is 10.1. The average molecular weight is 392 g/mol. The summed E-state index contributed by atoms with van der Waals surface area (Å²) in [4.78, 5) is 24.0. The molecule has 3 rings (SSSR count). The van der Waals surface area contributed by atoms with Crippen LogP contribution in [-0.4, -0.2) is 16.2 Å². The van der Waals surface area contributed by atoms with Crippen LogP contribution in [0.5, 0.6) is 0 Å². The van der Waals surface area contributed by atoms with Crippen molar-refractivity contribution in [1.29, 1.82) is 0 Å². The lowest BCUT2D eigenvalue weighted by molar-refractivity contribution is 0.0996. The fourth-order valence-electron chi connectivity index (χ4n) is 2.12. The van der Waals surface area contributed by atoms with Crippen LogP contribution in [0.4, 0.5) is 5.69 Å². The molecule has 0 saturated carbocycles. The summed E-state index contributed by atoms with van der Waals surface area (Å²) in [5, 5.41) is 3.59. The molecule has 3 aromatic rings. The Balaban J connectivity index is 1.80. The summed E-state index contributed by atoms with van der Waals surface area (Å²) in [6, 6.07) is 13.2. The number of nitrogens with two attached hydrogens (primary N) is 1. The van der Waals surface area contributed by atoms with Crippen LogP contribution in [0.2, 0.25) is 10.0 Å². The quantitative estimate of drug-likeness (QED) is 0.687. The van der Waals surface area contributed by atoms with Crippen molar-refractivity contribution in [3.8, 4) is 11.3 Å². The molecule has 0 saturated heterocycles. The smallest absolute Gasteiger partial charge is 0.267 e. The number of aromatic nitrogens is 1. The molecule has 0 atom stereocenters. The van der Waals surface area contributed by atoms with Crippen LogP contribution < -0.4 is 11.1 Å². The van der Waals surface area contributed by atoms with Gasteiger partial charge in [-0.3, -0.25) is 9.59 Å². The number of rotatable bonds is 4. The van der Waals surface area contributed by atoms with Gasteiger partial charge in [0, 0.05) is 16.8 Å². The first-order valence-corrected chi connectivity index (χ1v) is 8.60. The van der Waals surface area contributed by atoms with Gasteiger partial charge in [-0.15, -0.1) is 0 Å². The summed E-state index contributed by atoms with van der Waals surface area (Å²) in [6.45, 7) is 0. The van der Waals surface area contributed by atoms with Gasteiger partial charge in [-0.2, -0.15) is 4.37 Å². The van der Waals surface area contributed by atoms with Crippen LogP contribution >= 0.6 is 34.7 Å². The second-order valence-electron chi connectivity index (χ2n) is 5.10. The average Bonchev–Trinajstić information content (AvgIpc) is 3.08. The van der Waals surface area contributed by atoms with Crippen LogP contribution in [0, 0.1) is 0 Å². The third kappa shape index (κ3) is 3.99. The first kappa shape index (κ1) is 17.4. The number of hydrogen-bond acceptors (Lipinski definition) is 4. The molecule has 0 fully saturated rings. The molecule has 3 N–H and O–H groups in total. The minimum Gasteiger partial charge on any atom is -0.366 e. The predicted molar refractivity (Wildman–Crippen MR) is 100 cm³/mol. The van der Waals surface area contributed by atoms with Crippen LogP contribution in [0.3, 0.4) is 0 Å². The Hall–Kier alpha value is -2.41. The minimum atomic E-state index is -0.559. The van der Waals surface area contributed by atoms with Crippen molar-refractivity contribution in [3.05, 3.63) is 69.0 Å². The molecule has 126 valence electrons. The van der Waals surface area contributed by atoms with Crippen molar-refractivity contribution < 1.29 is 9.59 Å². The number of benzene rings is 2. The summed E-state index contributed by atoms with van der Waals surface area (Å²) in [5.41, 5.74) is 7.42. The highest BCUT2D eigenvalue weighted by molar-refractivity contribution is 7.08. The molecule has 0 aliphatic rings. The molecule has 1 heterocycles. The highest BCUT2D eigenvalue weighted by atomic mass is 35.5. The van der Waals surface area contributed by atoms with E-state index in [9.17, 15) is 9.59 Å². The summed E-state index contributed by atoms with van der Waals surface area (Å²) in [5.74, 6) is -0.888. The molecule has 0 spiro atoms. The number of amides is 2. The monoisotopic (exact) mass is 391 g/mol. The van der Waals surface area contributed by atoms with Gasteiger partial charge in [-0.05, 0) is 47.9 Å². The number of nitrogens with one attached hydrogen (secondary N) is 1. The Morgan fingerprint density at radius 3 is 2.56 bits per heavy atom. The summed E-state index contributed by atoms with van der Waals surface area (Å²) in [6.07, 6.45) is 0. The van der Waals surface area contributed by atoms with Crippen LogP contribution in [0.15, 0.2) is 48.5 Å². The highest BCUT2D eigenvalue weighted by Crippen LogP contribution is 2.29. The van der Waals surface area contributed by atoms with E-state index in [4.69, 9.17) is 28.9 Å². The zero-order valence-corrected chi connectivity index (χ0v) is 15.0. The molecule has 0 radical (unpaired) electrons. The Morgan fingerprint density at radius 1 is 1.04 bits per heavy atom. The zero-order valence-electron chi connectivity index (χ0n) is 12.6. The van der Waals surface area contributed by atoms with Gasteiger partial charge in [0.25, 0.3) is 5.91 Å². The SMILES string of the molecule is NC(=O)c1cccc(NC(=O)c2cc(-c3ccc(Cl)c(Cl)c3)ns2)c1. The van der Waals surface area contributed by atoms with Crippen molar-refractivity contribution in [2.75, 3.05) is 5.32 Å². The zero-order chi connectivity index (χ0) is 18.0. The number of nitrogens with zero attached hydrogens (tertiary/aromatic N) is 1. The van der Waals surface area contributed by atoms with Gasteiger partial charge >= 0.3 is 0 Å². The predicted octanol–water partition coefficient (Wildman–Crippen LogP) is 4.47. The number of carbonyl (C=O) groups excluding carboxylic acids is 2. The fraction of sp³-hybridized carbons (Fsp3) is 0. The topological polar surface area (TPSA) is 85.1 Å². The Labute approximate surface area is 157 Å². The van der Waals surface area contributed by atoms with Gasteiger partial charge in [-0.1, -0.05) is 35.3 Å². The Morgan fingerprint density at radius 2 is 1.84 bits per heavy atom. The number of hydrogen-bond donors (Lipinski definition) is 2. The van der Waals surface area contributed by atoms with Crippen LogP contribution in [0.25, 0.3) is 11.3 Å². The Kier molecular flexibility index (Phi) is 5.03. The molecular formula is C17H11Cl2N3O2S. The van der Waals surface area contributed by atoms with E-state index in [2.05, 4.69) is 9.69 Å². The molecule has 2 amide bonds. The lowest BCUT2D eigenvalue weighted by Crippen LogP contribution is -2.13. The highest BCUT2D eigenvalue weighted by Gasteiger charge is 2.13. The van der Waals surface area contributed by atoms with Crippen LogP contribution in [-0.2, 0) is 0 Å². The molecule has 5 nitrogen and oxygen atoms in total. The first-order valence-electron chi connectivity index (χ1n) is 7.07. The second-order valence-corrected chi connectivity index (χ2v) is 6.72. The van der Waals surface area contributed by atoms with Gasteiger partial charge < -0.3 is 11.1 Å². The Bertz CT molecular complexity index is 972. The number of anilines is 1. The third-order valence-electron chi connectivity index (χ3n) is 3.35. The van der Waals surface area contributed by atoms with E-state index in [1.165, 1.54) is 6.07 Å². The van der Waals surface area contributed by atoms with Crippen molar-refractivity contribution in [1.82, 2.24) is 4.37 Å². The van der Waals surface area contributed by atoms with Gasteiger partial charge in [0.05, 0.1) is 15.7 Å². The molecule has 25 heavy (non-hydrogen) atoms. The standard InChI is InChI=1S/C17H11Cl2N3O2S/c18-12-5-4-9(7-13(12)19)14-8-15(25-22-14)17(24)21-11-3-1-2-10(6-11)16(20)23/h1-8H,(H2,20,23)(H,21,24). The maximum atomic E-state index is 12.4. The fourth-order valence-corrected chi connectivity index (χ4v) is 3.07. The molecule has 0 unspecified atom stereocenters. The largest absolute Gasteiger partial charge is 0.366 e. The summed E-state index contributed by atoms with van der Waals surface area (Å²) in [7, 11) is 0. The lowest BCUT2D eigenvalue weighted by Gasteiger charge is -2.04. The molecular weight excluding hydrogens is 381 g/mol.